The Labute approximate surface area is 118 Å². The lowest BCUT2D eigenvalue weighted by Gasteiger charge is -2.25. The molecule has 0 saturated carbocycles. The number of nitrogens with zero attached hydrogens (tertiary/aromatic N) is 1. The summed E-state index contributed by atoms with van der Waals surface area (Å²) in [6.45, 7) is 3.90. The number of hydrogen-bond donors (Lipinski definition) is 1. The van der Waals surface area contributed by atoms with Crippen LogP contribution in [-0.4, -0.2) is 29.9 Å². The van der Waals surface area contributed by atoms with Crippen LogP contribution >= 0.6 is 0 Å². The fourth-order valence-corrected chi connectivity index (χ4v) is 2.60. The molecule has 0 unspecified atom stereocenters. The molecule has 1 heterocycles. The molecule has 0 aromatic heterocycles. The molecule has 1 aromatic carbocycles. The predicted octanol–water partition coefficient (Wildman–Crippen LogP) is 2.46. The summed E-state index contributed by atoms with van der Waals surface area (Å²) < 4.78 is 26.9. The number of benzene rings is 1. The van der Waals surface area contributed by atoms with Gasteiger partial charge in [-0.3, -0.25) is 4.79 Å². The van der Waals surface area contributed by atoms with Gasteiger partial charge in [-0.1, -0.05) is 6.92 Å². The van der Waals surface area contributed by atoms with Crippen molar-refractivity contribution in [3.63, 3.8) is 0 Å². The number of likely N-dealkylation sites (tertiary alicyclic amines) is 1. The molecule has 1 aliphatic heterocycles. The molecule has 0 radical (unpaired) electrons. The van der Waals surface area contributed by atoms with Crippen molar-refractivity contribution in [3.8, 4) is 0 Å². The van der Waals surface area contributed by atoms with Crippen molar-refractivity contribution in [3.05, 3.63) is 35.4 Å². The molecule has 1 saturated heterocycles. The van der Waals surface area contributed by atoms with Crippen LogP contribution in [0, 0.1) is 11.6 Å². The molecule has 110 valence electrons. The lowest BCUT2D eigenvalue weighted by atomic mass is 10.1. The van der Waals surface area contributed by atoms with Gasteiger partial charge >= 0.3 is 0 Å². The molecule has 1 aliphatic rings. The quantitative estimate of drug-likeness (QED) is 0.813. The van der Waals surface area contributed by atoms with Gasteiger partial charge in [0.1, 0.15) is 11.6 Å². The third kappa shape index (κ3) is 3.54. The fraction of sp³-hybridized carbons (Fsp3) is 0.533. The van der Waals surface area contributed by atoms with E-state index in [0.717, 1.165) is 38.1 Å². The summed E-state index contributed by atoms with van der Waals surface area (Å²) in [6.07, 6.45) is 2.13. The van der Waals surface area contributed by atoms with Crippen LogP contribution in [0.2, 0.25) is 0 Å². The van der Waals surface area contributed by atoms with Gasteiger partial charge in [0.15, 0.2) is 0 Å². The summed E-state index contributed by atoms with van der Waals surface area (Å²) in [5.41, 5.74) is 0.244. The first-order valence-electron chi connectivity index (χ1n) is 7.06. The van der Waals surface area contributed by atoms with E-state index >= 15 is 0 Å². The van der Waals surface area contributed by atoms with Gasteiger partial charge in [-0.05, 0) is 44.1 Å². The van der Waals surface area contributed by atoms with Crippen molar-refractivity contribution in [1.82, 2.24) is 10.2 Å². The zero-order valence-electron chi connectivity index (χ0n) is 11.7. The van der Waals surface area contributed by atoms with Gasteiger partial charge in [0.2, 0.25) is 5.91 Å². The highest BCUT2D eigenvalue weighted by Crippen LogP contribution is 2.24. The molecule has 2 rings (SSSR count). The van der Waals surface area contributed by atoms with Gasteiger partial charge in [0, 0.05) is 24.6 Å². The van der Waals surface area contributed by atoms with Crippen molar-refractivity contribution in [2.75, 3.05) is 13.1 Å². The Bertz CT molecular complexity index is 479. The lowest BCUT2D eigenvalue weighted by molar-refractivity contribution is -0.129. The average Bonchev–Trinajstić information content (AvgIpc) is 2.76. The van der Waals surface area contributed by atoms with Crippen LogP contribution in [-0.2, 0) is 11.3 Å². The zero-order chi connectivity index (χ0) is 14.5. The van der Waals surface area contributed by atoms with Crippen LogP contribution in [0.5, 0.6) is 0 Å². The minimum absolute atomic E-state index is 0.0233. The Morgan fingerprint density at radius 1 is 1.40 bits per heavy atom. The van der Waals surface area contributed by atoms with Crippen molar-refractivity contribution < 1.29 is 13.6 Å². The van der Waals surface area contributed by atoms with E-state index in [-0.39, 0.29) is 24.1 Å². The Morgan fingerprint density at radius 3 is 2.95 bits per heavy atom. The summed E-state index contributed by atoms with van der Waals surface area (Å²) in [7, 11) is 0. The van der Waals surface area contributed by atoms with E-state index in [2.05, 4.69) is 5.32 Å². The van der Waals surface area contributed by atoms with Crippen molar-refractivity contribution in [1.29, 1.82) is 0 Å². The summed E-state index contributed by atoms with van der Waals surface area (Å²) in [5, 5.41) is 3.22. The number of amides is 1. The molecule has 1 atom stereocenters. The highest BCUT2D eigenvalue weighted by Gasteiger charge is 2.30. The second-order valence-corrected chi connectivity index (χ2v) is 5.09. The van der Waals surface area contributed by atoms with Crippen LogP contribution < -0.4 is 5.32 Å². The molecule has 20 heavy (non-hydrogen) atoms. The number of carbonyl (C=O) groups is 1. The number of carbonyl (C=O) groups excluding carboxylic acids is 1. The maximum atomic E-state index is 13.7. The first-order valence-corrected chi connectivity index (χ1v) is 7.06. The molecule has 0 aliphatic carbocycles. The van der Waals surface area contributed by atoms with Crippen molar-refractivity contribution in [2.45, 2.75) is 38.8 Å². The van der Waals surface area contributed by atoms with Gasteiger partial charge in [-0.2, -0.15) is 0 Å². The molecule has 0 bridgehead atoms. The monoisotopic (exact) mass is 282 g/mol. The highest BCUT2D eigenvalue weighted by atomic mass is 19.1. The van der Waals surface area contributed by atoms with Gasteiger partial charge in [-0.25, -0.2) is 8.78 Å². The summed E-state index contributed by atoms with van der Waals surface area (Å²) >= 11 is 0. The Hall–Kier alpha value is -1.49. The second kappa shape index (κ2) is 6.79. The Balaban J connectivity index is 2.04. The van der Waals surface area contributed by atoms with Gasteiger partial charge in [0.25, 0.3) is 0 Å². The van der Waals surface area contributed by atoms with E-state index in [1.807, 2.05) is 6.92 Å². The SMILES string of the molecule is CCNCC[C@H]1CCC(=O)N1Cc1cc(F)ccc1F. The molecule has 0 spiro atoms. The van der Waals surface area contributed by atoms with E-state index in [9.17, 15) is 13.6 Å². The minimum atomic E-state index is -0.475. The van der Waals surface area contributed by atoms with Crippen LogP contribution in [0.25, 0.3) is 0 Å². The number of rotatable bonds is 6. The molecule has 3 nitrogen and oxygen atoms in total. The zero-order valence-corrected chi connectivity index (χ0v) is 11.7. The molecule has 1 fully saturated rings. The molecule has 1 amide bonds. The predicted molar refractivity (Wildman–Crippen MR) is 73.1 cm³/mol. The fourth-order valence-electron chi connectivity index (χ4n) is 2.60. The third-order valence-corrected chi connectivity index (χ3v) is 3.71. The van der Waals surface area contributed by atoms with E-state index in [1.165, 1.54) is 6.07 Å². The number of halogens is 2. The highest BCUT2D eigenvalue weighted by molar-refractivity contribution is 5.78. The summed E-state index contributed by atoms with van der Waals surface area (Å²) in [6, 6.07) is 3.48. The first-order chi connectivity index (χ1) is 9.61. The van der Waals surface area contributed by atoms with E-state index in [0.29, 0.717) is 6.42 Å². The molecule has 1 aromatic rings. The van der Waals surface area contributed by atoms with Crippen LogP contribution in [0.15, 0.2) is 18.2 Å². The standard InChI is InChI=1S/C15H20F2N2O/c1-2-18-8-7-13-4-6-15(20)19(13)10-11-9-12(16)3-5-14(11)17/h3,5,9,13,18H,2,4,6-8,10H2,1H3/t13-/m1/s1. The van der Waals surface area contributed by atoms with E-state index < -0.39 is 11.6 Å². The van der Waals surface area contributed by atoms with Crippen LogP contribution in [0.4, 0.5) is 8.78 Å². The molecular weight excluding hydrogens is 262 g/mol. The third-order valence-electron chi connectivity index (χ3n) is 3.71. The molecular formula is C15H20F2N2O. The van der Waals surface area contributed by atoms with Gasteiger partial charge in [0.05, 0.1) is 0 Å². The minimum Gasteiger partial charge on any atom is -0.335 e. The van der Waals surface area contributed by atoms with E-state index in [4.69, 9.17) is 0 Å². The smallest absolute Gasteiger partial charge is 0.223 e. The Morgan fingerprint density at radius 2 is 2.20 bits per heavy atom. The molecule has 5 heteroatoms. The van der Waals surface area contributed by atoms with Crippen LogP contribution in [0.3, 0.4) is 0 Å². The van der Waals surface area contributed by atoms with Crippen molar-refractivity contribution in [2.24, 2.45) is 0 Å². The van der Waals surface area contributed by atoms with Crippen LogP contribution in [0.1, 0.15) is 31.7 Å². The summed E-state index contributed by atoms with van der Waals surface area (Å²) in [4.78, 5) is 13.6. The first kappa shape index (κ1) is 14.9. The van der Waals surface area contributed by atoms with Crippen molar-refractivity contribution >= 4 is 5.91 Å². The molecule has 1 N–H and O–H groups in total. The Kier molecular flexibility index (Phi) is 5.06. The normalized spacial score (nSPS) is 18.9. The van der Waals surface area contributed by atoms with Gasteiger partial charge < -0.3 is 10.2 Å². The van der Waals surface area contributed by atoms with E-state index in [1.54, 1.807) is 4.90 Å². The number of nitrogens with one attached hydrogen (secondary N) is 1. The average molecular weight is 282 g/mol. The van der Waals surface area contributed by atoms with Gasteiger partial charge in [-0.15, -0.1) is 0 Å². The lowest BCUT2D eigenvalue weighted by Crippen LogP contribution is -2.35. The maximum absolute atomic E-state index is 13.7. The maximum Gasteiger partial charge on any atom is 0.223 e. The topological polar surface area (TPSA) is 32.3 Å². The summed E-state index contributed by atoms with van der Waals surface area (Å²) in [5.74, 6) is -0.913. The number of hydrogen-bond acceptors (Lipinski definition) is 2. The largest absolute Gasteiger partial charge is 0.335 e. The second-order valence-electron chi connectivity index (χ2n) is 5.09.